The Labute approximate surface area is 129 Å². The maximum Gasteiger partial charge on any atom is 0.125 e. The Morgan fingerprint density at radius 3 is 2.91 bits per heavy atom. The van der Waals surface area contributed by atoms with Gasteiger partial charge in [0, 0.05) is 25.3 Å². The van der Waals surface area contributed by atoms with Crippen molar-refractivity contribution in [1.82, 2.24) is 0 Å². The van der Waals surface area contributed by atoms with E-state index in [0.717, 1.165) is 28.9 Å². The van der Waals surface area contributed by atoms with Crippen molar-refractivity contribution in [3.8, 4) is 0 Å². The molecule has 1 atom stereocenters. The number of nitrogens with zero attached hydrogens (tertiary/aromatic N) is 2. The van der Waals surface area contributed by atoms with Crippen LogP contribution in [-0.2, 0) is 13.0 Å². The summed E-state index contributed by atoms with van der Waals surface area (Å²) in [5.74, 6) is -0.239. The molecule has 116 valence electrons. The van der Waals surface area contributed by atoms with Crippen LogP contribution >= 0.6 is 0 Å². The average Bonchev–Trinajstić information content (AvgIpc) is 2.46. The minimum atomic E-state index is -0.239. The first-order chi connectivity index (χ1) is 10.5. The lowest BCUT2D eigenvalue weighted by atomic mass is 9.97. The molecule has 0 aromatic heterocycles. The van der Waals surface area contributed by atoms with E-state index in [1.54, 1.807) is 6.07 Å². The summed E-state index contributed by atoms with van der Waals surface area (Å²) in [6.45, 7) is 1.12. The average molecular weight is 301 g/mol. The summed E-state index contributed by atoms with van der Waals surface area (Å²) in [5, 5.41) is 11.1. The van der Waals surface area contributed by atoms with Gasteiger partial charge in [-0.25, -0.2) is 4.39 Å². The molecule has 0 amide bonds. The Morgan fingerprint density at radius 2 is 2.14 bits per heavy atom. The van der Waals surface area contributed by atoms with Gasteiger partial charge >= 0.3 is 0 Å². The van der Waals surface area contributed by atoms with Crippen molar-refractivity contribution in [2.24, 2.45) is 5.73 Å². The zero-order chi connectivity index (χ0) is 15.7. The largest absolute Gasteiger partial charge is 0.370 e. The Balaban J connectivity index is 1.80. The van der Waals surface area contributed by atoms with Crippen LogP contribution in [-0.4, -0.2) is 24.8 Å². The maximum absolute atomic E-state index is 13.3. The molecule has 2 aromatic carbocycles. The molecule has 0 saturated heterocycles. The van der Waals surface area contributed by atoms with Crippen LogP contribution in [0.1, 0.15) is 11.1 Å². The molecule has 5 heteroatoms. The summed E-state index contributed by atoms with van der Waals surface area (Å²) in [6.07, 6.45) is 0.754. The number of hydroxylamine groups is 1. The van der Waals surface area contributed by atoms with E-state index in [9.17, 15) is 9.60 Å². The fourth-order valence-corrected chi connectivity index (χ4v) is 2.90. The van der Waals surface area contributed by atoms with Crippen LogP contribution in [0.4, 0.5) is 15.8 Å². The standard InChI is InChI=1S/C17H20FN3O/c1-20(16-4-2-3-14(18)9-16)10-12-5-6-17-13(7-12)8-15(19)11-21(17)22/h2-7,9,15,22H,8,10-11,19H2,1H3/t15-/m0/s1. The lowest BCUT2D eigenvalue weighted by Crippen LogP contribution is -2.41. The maximum atomic E-state index is 13.3. The van der Waals surface area contributed by atoms with Crippen molar-refractivity contribution < 1.29 is 9.60 Å². The topological polar surface area (TPSA) is 52.7 Å². The highest BCUT2D eigenvalue weighted by atomic mass is 19.1. The summed E-state index contributed by atoms with van der Waals surface area (Å²) in [4.78, 5) is 1.99. The molecule has 0 spiro atoms. The van der Waals surface area contributed by atoms with Gasteiger partial charge in [-0.3, -0.25) is 10.3 Å². The summed E-state index contributed by atoms with van der Waals surface area (Å²) in [7, 11) is 1.93. The van der Waals surface area contributed by atoms with Crippen molar-refractivity contribution >= 4 is 11.4 Å². The van der Waals surface area contributed by atoms with Gasteiger partial charge in [0.05, 0.1) is 12.2 Å². The van der Waals surface area contributed by atoms with Gasteiger partial charge in [-0.1, -0.05) is 18.2 Å². The van der Waals surface area contributed by atoms with Crippen molar-refractivity contribution in [3.63, 3.8) is 0 Å². The van der Waals surface area contributed by atoms with E-state index in [2.05, 4.69) is 6.07 Å². The monoisotopic (exact) mass is 301 g/mol. The van der Waals surface area contributed by atoms with E-state index >= 15 is 0 Å². The van der Waals surface area contributed by atoms with Gasteiger partial charge in [-0.15, -0.1) is 0 Å². The molecule has 0 bridgehead atoms. The Kier molecular flexibility index (Phi) is 4.00. The van der Waals surface area contributed by atoms with E-state index in [1.165, 1.54) is 17.2 Å². The van der Waals surface area contributed by atoms with E-state index < -0.39 is 0 Å². The second-order valence-electron chi connectivity index (χ2n) is 5.85. The van der Waals surface area contributed by atoms with E-state index in [-0.39, 0.29) is 11.9 Å². The number of anilines is 2. The summed E-state index contributed by atoms with van der Waals surface area (Å²) >= 11 is 0. The van der Waals surface area contributed by atoms with Crippen LogP contribution < -0.4 is 15.7 Å². The van der Waals surface area contributed by atoms with Gasteiger partial charge in [0.2, 0.25) is 0 Å². The molecule has 0 fully saturated rings. The van der Waals surface area contributed by atoms with E-state index in [4.69, 9.17) is 5.73 Å². The van der Waals surface area contributed by atoms with Crippen molar-refractivity contribution in [2.75, 3.05) is 23.6 Å². The highest BCUT2D eigenvalue weighted by Gasteiger charge is 2.21. The van der Waals surface area contributed by atoms with Gasteiger partial charge in [0.1, 0.15) is 5.82 Å². The molecule has 1 heterocycles. The third-order valence-corrected chi connectivity index (χ3v) is 3.98. The predicted octanol–water partition coefficient (Wildman–Crippen LogP) is 2.54. The van der Waals surface area contributed by atoms with Crippen LogP contribution in [0, 0.1) is 5.82 Å². The Hall–Kier alpha value is -2.11. The fraction of sp³-hybridized carbons (Fsp3) is 0.294. The minimum absolute atomic E-state index is 0.0614. The summed E-state index contributed by atoms with van der Waals surface area (Å²) < 4.78 is 13.3. The Morgan fingerprint density at radius 1 is 1.32 bits per heavy atom. The quantitative estimate of drug-likeness (QED) is 0.915. The molecular weight excluding hydrogens is 281 g/mol. The molecule has 1 aliphatic heterocycles. The Bertz CT molecular complexity index is 677. The lowest BCUT2D eigenvalue weighted by Gasteiger charge is -2.30. The molecule has 1 aliphatic rings. The first kappa shape index (κ1) is 14.8. The van der Waals surface area contributed by atoms with Crippen LogP contribution in [0.15, 0.2) is 42.5 Å². The van der Waals surface area contributed by atoms with Crippen molar-refractivity contribution in [1.29, 1.82) is 0 Å². The number of fused-ring (bicyclic) bond motifs is 1. The van der Waals surface area contributed by atoms with Crippen molar-refractivity contribution in [3.05, 3.63) is 59.4 Å². The van der Waals surface area contributed by atoms with Crippen LogP contribution in [0.2, 0.25) is 0 Å². The molecule has 4 nitrogen and oxygen atoms in total. The predicted molar refractivity (Wildman–Crippen MR) is 85.8 cm³/mol. The van der Waals surface area contributed by atoms with Crippen LogP contribution in [0.3, 0.4) is 0 Å². The number of hydrogen-bond acceptors (Lipinski definition) is 4. The highest BCUT2D eigenvalue weighted by Crippen LogP contribution is 2.27. The second kappa shape index (κ2) is 5.94. The number of halogens is 1. The third-order valence-electron chi connectivity index (χ3n) is 3.98. The highest BCUT2D eigenvalue weighted by molar-refractivity contribution is 5.56. The molecule has 0 unspecified atom stereocenters. The number of nitrogens with two attached hydrogens (primary N) is 1. The molecule has 2 aromatic rings. The number of benzene rings is 2. The van der Waals surface area contributed by atoms with Gasteiger partial charge in [0.15, 0.2) is 0 Å². The van der Waals surface area contributed by atoms with Gasteiger partial charge < -0.3 is 10.6 Å². The van der Waals surface area contributed by atoms with Crippen LogP contribution in [0.25, 0.3) is 0 Å². The number of rotatable bonds is 3. The van der Waals surface area contributed by atoms with Gasteiger partial charge in [0.25, 0.3) is 0 Å². The van der Waals surface area contributed by atoms with E-state index in [0.29, 0.717) is 13.1 Å². The fourth-order valence-electron chi connectivity index (χ4n) is 2.90. The van der Waals surface area contributed by atoms with Gasteiger partial charge in [-0.05, 0) is 41.8 Å². The molecular formula is C17H20FN3O. The molecule has 3 N–H and O–H groups in total. The lowest BCUT2D eigenvalue weighted by molar-refractivity contribution is 0.238. The summed E-state index contributed by atoms with van der Waals surface area (Å²) in [6, 6.07) is 12.4. The SMILES string of the molecule is CN(Cc1ccc2c(c1)C[C@H](N)CN2O)c1cccc(F)c1. The molecule has 22 heavy (non-hydrogen) atoms. The smallest absolute Gasteiger partial charge is 0.125 e. The van der Waals surface area contributed by atoms with Crippen LogP contribution in [0.5, 0.6) is 0 Å². The first-order valence-electron chi connectivity index (χ1n) is 7.33. The van der Waals surface area contributed by atoms with E-state index in [1.807, 2.05) is 30.1 Å². The summed E-state index contributed by atoms with van der Waals surface area (Å²) in [5.41, 5.74) is 9.75. The number of hydrogen-bond donors (Lipinski definition) is 2. The van der Waals surface area contributed by atoms with Crippen molar-refractivity contribution in [2.45, 2.75) is 19.0 Å². The molecule has 0 aliphatic carbocycles. The first-order valence-corrected chi connectivity index (χ1v) is 7.33. The zero-order valence-electron chi connectivity index (χ0n) is 12.5. The molecule has 0 saturated carbocycles. The normalized spacial score (nSPS) is 17.3. The minimum Gasteiger partial charge on any atom is -0.370 e. The zero-order valence-corrected chi connectivity index (χ0v) is 12.5. The molecule has 3 rings (SSSR count). The third kappa shape index (κ3) is 3.05. The second-order valence-corrected chi connectivity index (χ2v) is 5.85. The molecule has 0 radical (unpaired) electrons. The van der Waals surface area contributed by atoms with Gasteiger partial charge in [-0.2, -0.15) is 0 Å².